The van der Waals surface area contributed by atoms with E-state index in [1.54, 1.807) is 53.3 Å². The average Bonchev–Trinajstić information content (AvgIpc) is 3.28. The quantitative estimate of drug-likeness (QED) is 0.272. The van der Waals surface area contributed by atoms with Gasteiger partial charge in [0.2, 0.25) is 0 Å². The Morgan fingerprint density at radius 1 is 1.14 bits per heavy atom. The first kappa shape index (κ1) is 25.7. The standard InChI is InChI=1S/C25H29N5O5S/c1-3-10-25(26,32)23-8-5-7-20(29-23)17-13-21-19(22(14-17)35-11-12-36(2,33)34)15-27-30(21)24-9-4-6-18(16-31)28-24/h4-9,13-15,31-32H,3,10-12,16,26H2,1-2H3/t25-/m0/s1. The Morgan fingerprint density at radius 2 is 1.92 bits per heavy atom. The first-order valence-electron chi connectivity index (χ1n) is 11.5. The van der Waals surface area contributed by atoms with Gasteiger partial charge in [-0.1, -0.05) is 25.5 Å². The molecule has 0 saturated carbocycles. The fourth-order valence-corrected chi connectivity index (χ4v) is 4.25. The molecule has 0 aliphatic carbocycles. The SMILES string of the molecule is CCC[C@](N)(O)c1cccc(-c2cc(OCCS(C)(=O)=O)c3cnn(-c4cccc(CO)n4)c3c2)n1. The highest BCUT2D eigenvalue weighted by molar-refractivity contribution is 7.90. The second-order valence-electron chi connectivity index (χ2n) is 8.67. The molecule has 4 rings (SSSR count). The summed E-state index contributed by atoms with van der Waals surface area (Å²) in [5, 5.41) is 25.3. The highest BCUT2D eigenvalue weighted by Crippen LogP contribution is 2.34. The zero-order chi connectivity index (χ0) is 25.9. The molecule has 1 aromatic carbocycles. The van der Waals surface area contributed by atoms with Gasteiger partial charge in [0, 0.05) is 11.8 Å². The van der Waals surface area contributed by atoms with Gasteiger partial charge in [-0.15, -0.1) is 0 Å². The third-order valence-corrected chi connectivity index (χ3v) is 6.56. The van der Waals surface area contributed by atoms with Crippen molar-refractivity contribution in [3.63, 3.8) is 0 Å². The normalized spacial score (nSPS) is 13.6. The van der Waals surface area contributed by atoms with Crippen LogP contribution in [0.15, 0.2) is 54.7 Å². The molecule has 10 nitrogen and oxygen atoms in total. The summed E-state index contributed by atoms with van der Waals surface area (Å²) in [5.41, 5.74) is 7.22. The summed E-state index contributed by atoms with van der Waals surface area (Å²) < 4.78 is 30.8. The summed E-state index contributed by atoms with van der Waals surface area (Å²) in [5.74, 6) is 0.786. The number of nitrogens with two attached hydrogens (primary N) is 1. The Bertz CT molecular complexity index is 1480. The van der Waals surface area contributed by atoms with Gasteiger partial charge >= 0.3 is 0 Å². The molecule has 4 N–H and O–H groups in total. The number of aliphatic hydroxyl groups excluding tert-OH is 1. The number of fused-ring (bicyclic) bond motifs is 1. The molecule has 0 amide bonds. The van der Waals surface area contributed by atoms with Crippen molar-refractivity contribution >= 4 is 20.7 Å². The van der Waals surface area contributed by atoms with E-state index in [9.17, 15) is 18.6 Å². The maximum absolute atomic E-state index is 11.6. The number of nitrogens with zero attached hydrogens (tertiary/aromatic N) is 4. The second kappa shape index (κ2) is 10.3. The molecule has 11 heteroatoms. The zero-order valence-electron chi connectivity index (χ0n) is 20.1. The third kappa shape index (κ3) is 5.71. The lowest BCUT2D eigenvalue weighted by Gasteiger charge is -2.22. The summed E-state index contributed by atoms with van der Waals surface area (Å²) in [4.78, 5) is 9.05. The third-order valence-electron chi connectivity index (χ3n) is 5.65. The first-order valence-corrected chi connectivity index (χ1v) is 13.6. The Labute approximate surface area is 209 Å². The van der Waals surface area contributed by atoms with Gasteiger partial charge in [0.05, 0.1) is 46.5 Å². The van der Waals surface area contributed by atoms with Crippen LogP contribution < -0.4 is 10.5 Å². The van der Waals surface area contributed by atoms with Crippen LogP contribution in [-0.4, -0.2) is 57.0 Å². The van der Waals surface area contributed by atoms with Crippen molar-refractivity contribution < 1.29 is 23.4 Å². The molecule has 0 spiro atoms. The molecule has 3 heterocycles. The van der Waals surface area contributed by atoms with Gasteiger partial charge in [-0.3, -0.25) is 5.73 Å². The van der Waals surface area contributed by atoms with Crippen molar-refractivity contribution in [3.8, 4) is 22.8 Å². The zero-order valence-corrected chi connectivity index (χ0v) is 20.9. The lowest BCUT2D eigenvalue weighted by molar-refractivity contribution is 0.0292. The molecule has 0 radical (unpaired) electrons. The molecule has 0 aliphatic heterocycles. The Balaban J connectivity index is 1.85. The maximum Gasteiger partial charge on any atom is 0.156 e. The number of benzene rings is 1. The number of rotatable bonds is 10. The van der Waals surface area contributed by atoms with Crippen molar-refractivity contribution in [1.82, 2.24) is 19.7 Å². The van der Waals surface area contributed by atoms with E-state index in [0.29, 0.717) is 58.0 Å². The lowest BCUT2D eigenvalue weighted by atomic mass is 10.0. The van der Waals surface area contributed by atoms with Gasteiger partial charge in [-0.25, -0.2) is 23.1 Å². The number of pyridine rings is 2. The molecule has 0 fully saturated rings. The van der Waals surface area contributed by atoms with E-state index in [-0.39, 0.29) is 19.0 Å². The molecule has 4 aromatic rings. The molecule has 0 unspecified atom stereocenters. The van der Waals surface area contributed by atoms with E-state index in [2.05, 4.69) is 15.1 Å². The number of aromatic nitrogens is 4. The van der Waals surface area contributed by atoms with Gasteiger partial charge in [0.1, 0.15) is 12.4 Å². The predicted molar refractivity (Wildman–Crippen MR) is 136 cm³/mol. The van der Waals surface area contributed by atoms with Crippen molar-refractivity contribution in [1.29, 1.82) is 0 Å². The first-order chi connectivity index (χ1) is 17.1. The van der Waals surface area contributed by atoms with E-state index < -0.39 is 15.6 Å². The summed E-state index contributed by atoms with van der Waals surface area (Å²) in [6.07, 6.45) is 3.80. The molecule has 0 saturated heterocycles. The monoisotopic (exact) mass is 511 g/mol. The number of hydrogen-bond donors (Lipinski definition) is 3. The van der Waals surface area contributed by atoms with Gasteiger partial charge in [-0.05, 0) is 42.8 Å². The summed E-state index contributed by atoms with van der Waals surface area (Å²) in [7, 11) is -3.22. The number of aliphatic hydroxyl groups is 2. The van der Waals surface area contributed by atoms with E-state index >= 15 is 0 Å². The number of hydrogen-bond acceptors (Lipinski definition) is 9. The minimum absolute atomic E-state index is 0.0344. The van der Waals surface area contributed by atoms with Gasteiger partial charge in [0.25, 0.3) is 0 Å². The molecule has 36 heavy (non-hydrogen) atoms. The van der Waals surface area contributed by atoms with Crippen LogP contribution in [0.4, 0.5) is 0 Å². The minimum Gasteiger partial charge on any atom is -0.492 e. The van der Waals surface area contributed by atoms with Gasteiger partial charge in [0.15, 0.2) is 21.4 Å². The van der Waals surface area contributed by atoms with Crippen LogP contribution >= 0.6 is 0 Å². The molecular weight excluding hydrogens is 482 g/mol. The fraction of sp³-hybridized carbons (Fsp3) is 0.320. The molecule has 3 aromatic heterocycles. The second-order valence-corrected chi connectivity index (χ2v) is 10.9. The predicted octanol–water partition coefficient (Wildman–Crippen LogP) is 2.30. The molecule has 0 bridgehead atoms. The van der Waals surface area contributed by atoms with Gasteiger partial charge < -0.3 is 14.9 Å². The Hall–Kier alpha value is -3.38. The summed E-state index contributed by atoms with van der Waals surface area (Å²) in [6, 6.07) is 14.1. The topological polar surface area (TPSA) is 153 Å². The highest BCUT2D eigenvalue weighted by atomic mass is 32.2. The van der Waals surface area contributed by atoms with Crippen molar-refractivity contribution in [3.05, 3.63) is 66.1 Å². The average molecular weight is 512 g/mol. The maximum atomic E-state index is 11.6. The highest BCUT2D eigenvalue weighted by Gasteiger charge is 2.25. The van der Waals surface area contributed by atoms with Crippen LogP contribution in [0.25, 0.3) is 28.0 Å². The van der Waals surface area contributed by atoms with Gasteiger partial charge in [-0.2, -0.15) is 5.10 Å². The number of sulfone groups is 1. The molecular formula is C25H29N5O5S. The van der Waals surface area contributed by atoms with E-state index in [1.807, 2.05) is 13.0 Å². The Kier molecular flexibility index (Phi) is 7.36. The smallest absolute Gasteiger partial charge is 0.156 e. The molecule has 1 atom stereocenters. The van der Waals surface area contributed by atoms with Crippen LogP contribution in [0.5, 0.6) is 5.75 Å². The van der Waals surface area contributed by atoms with Crippen LogP contribution in [-0.2, 0) is 22.2 Å². The lowest BCUT2D eigenvalue weighted by Crippen LogP contribution is -2.37. The summed E-state index contributed by atoms with van der Waals surface area (Å²) >= 11 is 0. The largest absolute Gasteiger partial charge is 0.492 e. The van der Waals surface area contributed by atoms with Crippen molar-refractivity contribution in [2.45, 2.75) is 32.1 Å². The number of ether oxygens (including phenoxy) is 1. The fourth-order valence-electron chi connectivity index (χ4n) is 3.87. The van der Waals surface area contributed by atoms with E-state index in [1.165, 1.54) is 0 Å². The van der Waals surface area contributed by atoms with E-state index in [4.69, 9.17) is 10.5 Å². The summed E-state index contributed by atoms with van der Waals surface area (Å²) in [6.45, 7) is 1.68. The molecule has 190 valence electrons. The van der Waals surface area contributed by atoms with E-state index in [0.717, 1.165) is 6.26 Å². The van der Waals surface area contributed by atoms with Crippen LogP contribution in [0.3, 0.4) is 0 Å². The molecule has 0 aliphatic rings. The minimum atomic E-state index is -3.22. The van der Waals surface area contributed by atoms with Crippen LogP contribution in [0, 0.1) is 0 Å². The Morgan fingerprint density at radius 3 is 2.64 bits per heavy atom. The van der Waals surface area contributed by atoms with Crippen LogP contribution in [0.1, 0.15) is 31.2 Å². The van der Waals surface area contributed by atoms with Crippen LogP contribution in [0.2, 0.25) is 0 Å². The van der Waals surface area contributed by atoms with Crippen molar-refractivity contribution in [2.75, 3.05) is 18.6 Å². The van der Waals surface area contributed by atoms with Crippen molar-refractivity contribution in [2.24, 2.45) is 5.73 Å².